The summed E-state index contributed by atoms with van der Waals surface area (Å²) < 4.78 is 16.9. The van der Waals surface area contributed by atoms with Gasteiger partial charge in [0.25, 0.3) is 0 Å². The Kier molecular flexibility index (Phi) is 3.59. The minimum Gasteiger partial charge on any atom is -0.388 e. The summed E-state index contributed by atoms with van der Waals surface area (Å²) >= 11 is 0. The van der Waals surface area contributed by atoms with E-state index < -0.39 is 0 Å². The Morgan fingerprint density at radius 1 is 1.04 bits per heavy atom. The van der Waals surface area contributed by atoms with Crippen molar-refractivity contribution < 1.29 is 9.50 Å². The molecule has 0 spiro atoms. The van der Waals surface area contributed by atoms with E-state index in [1.54, 1.807) is 23.0 Å². The van der Waals surface area contributed by atoms with Crippen LogP contribution in [0.3, 0.4) is 0 Å². The van der Waals surface area contributed by atoms with Crippen molar-refractivity contribution >= 4 is 11.0 Å². The fraction of sp³-hybridized carbons (Fsp3) is 0.111. The third kappa shape index (κ3) is 2.57. The predicted molar refractivity (Wildman–Crippen MR) is 88.3 cm³/mol. The summed E-state index contributed by atoms with van der Waals surface area (Å²) in [4.78, 5) is 4.43. The molecular weight excluding hydrogens is 307 g/mol. The molecule has 0 aliphatic heterocycles. The van der Waals surface area contributed by atoms with E-state index in [9.17, 15) is 9.50 Å². The molecule has 24 heavy (non-hydrogen) atoms. The number of aliphatic hydroxyl groups is 1. The largest absolute Gasteiger partial charge is 0.388 e. The molecule has 2 heterocycles. The lowest BCUT2D eigenvalue weighted by Crippen LogP contribution is -2.06. The van der Waals surface area contributed by atoms with Gasteiger partial charge in [-0.3, -0.25) is 0 Å². The minimum atomic E-state index is -0.298. The molecule has 0 amide bonds. The molecule has 0 saturated carbocycles. The number of halogens is 1. The number of hydrogen-bond acceptors (Lipinski definition) is 3. The van der Waals surface area contributed by atoms with E-state index in [2.05, 4.69) is 10.1 Å². The molecule has 6 heteroatoms. The van der Waals surface area contributed by atoms with Gasteiger partial charge in [0.1, 0.15) is 18.2 Å². The van der Waals surface area contributed by atoms with Gasteiger partial charge in [-0.2, -0.15) is 5.10 Å². The first-order valence-corrected chi connectivity index (χ1v) is 7.60. The summed E-state index contributed by atoms with van der Waals surface area (Å²) in [5, 5.41) is 14.1. The number of imidazole rings is 1. The Balaban J connectivity index is 1.70. The van der Waals surface area contributed by atoms with Crippen molar-refractivity contribution in [3.05, 3.63) is 78.1 Å². The third-order valence-corrected chi connectivity index (χ3v) is 3.91. The van der Waals surface area contributed by atoms with Crippen molar-refractivity contribution in [2.24, 2.45) is 0 Å². The highest BCUT2D eigenvalue weighted by molar-refractivity contribution is 5.76. The fourth-order valence-electron chi connectivity index (χ4n) is 2.79. The van der Waals surface area contributed by atoms with Crippen molar-refractivity contribution in [2.45, 2.75) is 13.2 Å². The number of rotatable bonds is 4. The Morgan fingerprint density at radius 3 is 2.75 bits per heavy atom. The van der Waals surface area contributed by atoms with E-state index in [0.29, 0.717) is 18.1 Å². The summed E-state index contributed by atoms with van der Waals surface area (Å²) in [6, 6.07) is 15.9. The van der Waals surface area contributed by atoms with Crippen LogP contribution in [-0.2, 0) is 13.2 Å². The lowest BCUT2D eigenvalue weighted by Gasteiger charge is -2.06. The second-order valence-electron chi connectivity index (χ2n) is 5.49. The van der Waals surface area contributed by atoms with Gasteiger partial charge >= 0.3 is 0 Å². The molecule has 2 aromatic heterocycles. The molecule has 0 fully saturated rings. The third-order valence-electron chi connectivity index (χ3n) is 3.91. The number of nitrogens with zero attached hydrogens (tertiary/aromatic N) is 4. The van der Waals surface area contributed by atoms with Crippen molar-refractivity contribution in [3.63, 3.8) is 0 Å². The number of para-hydroxylation sites is 2. The molecular formula is C18H15FN4O. The van der Waals surface area contributed by atoms with Crippen molar-refractivity contribution in [2.75, 3.05) is 0 Å². The van der Waals surface area contributed by atoms with E-state index in [-0.39, 0.29) is 12.4 Å². The summed E-state index contributed by atoms with van der Waals surface area (Å²) in [6.07, 6.45) is 1.79. The molecule has 5 nitrogen and oxygen atoms in total. The lowest BCUT2D eigenvalue weighted by atomic mass is 10.3. The minimum absolute atomic E-state index is 0.140. The Morgan fingerprint density at radius 2 is 1.92 bits per heavy atom. The van der Waals surface area contributed by atoms with Crippen LogP contribution in [-0.4, -0.2) is 24.4 Å². The quantitative estimate of drug-likeness (QED) is 0.628. The smallest absolute Gasteiger partial charge is 0.136 e. The predicted octanol–water partition coefficient (Wildman–Crippen LogP) is 2.90. The maximum absolute atomic E-state index is 13.4. The van der Waals surface area contributed by atoms with Gasteiger partial charge in [-0.25, -0.2) is 14.1 Å². The first kappa shape index (κ1) is 14.6. The first-order chi connectivity index (χ1) is 11.7. The Bertz CT molecular complexity index is 1010. The molecule has 0 atom stereocenters. The highest BCUT2D eigenvalue weighted by Gasteiger charge is 2.11. The normalized spacial score (nSPS) is 11.2. The van der Waals surface area contributed by atoms with Gasteiger partial charge < -0.3 is 9.67 Å². The van der Waals surface area contributed by atoms with E-state index in [1.807, 2.05) is 34.9 Å². The summed E-state index contributed by atoms with van der Waals surface area (Å²) in [6.45, 7) is 0.345. The second-order valence-corrected chi connectivity index (χ2v) is 5.49. The van der Waals surface area contributed by atoms with Crippen LogP contribution in [0, 0.1) is 5.82 Å². The summed E-state index contributed by atoms with van der Waals surface area (Å²) in [5.41, 5.74) is 3.25. The zero-order chi connectivity index (χ0) is 16.5. The Hall–Kier alpha value is -2.99. The van der Waals surface area contributed by atoms with Gasteiger partial charge in [0.05, 0.1) is 29.0 Å². The molecule has 120 valence electrons. The molecule has 0 saturated heterocycles. The maximum Gasteiger partial charge on any atom is 0.136 e. The fourth-order valence-corrected chi connectivity index (χ4v) is 2.79. The number of aliphatic hydroxyl groups excluding tert-OH is 1. The first-order valence-electron chi connectivity index (χ1n) is 7.60. The molecule has 1 N–H and O–H groups in total. The molecule has 4 aromatic rings. The monoisotopic (exact) mass is 322 g/mol. The Labute approximate surface area is 137 Å². The number of benzene rings is 2. The molecule has 4 rings (SSSR count). The van der Waals surface area contributed by atoms with Gasteiger partial charge in [-0.1, -0.05) is 18.2 Å². The van der Waals surface area contributed by atoms with Gasteiger partial charge in [0.15, 0.2) is 0 Å². The zero-order valence-electron chi connectivity index (χ0n) is 12.8. The van der Waals surface area contributed by atoms with Crippen LogP contribution in [0.25, 0.3) is 16.7 Å². The lowest BCUT2D eigenvalue weighted by molar-refractivity contribution is 0.267. The standard InChI is InChI=1S/C18H15FN4O/c19-13-4-3-5-15(10-13)23-9-8-14(21-23)11-22-17-7-2-1-6-16(17)20-18(22)12-24/h1-10,24H,11-12H2. The van der Waals surface area contributed by atoms with Crippen LogP contribution in [0.2, 0.25) is 0 Å². The van der Waals surface area contributed by atoms with Crippen LogP contribution in [0.4, 0.5) is 4.39 Å². The van der Waals surface area contributed by atoms with Crippen LogP contribution >= 0.6 is 0 Å². The number of fused-ring (bicyclic) bond motifs is 1. The van der Waals surface area contributed by atoms with Gasteiger partial charge in [-0.15, -0.1) is 0 Å². The molecule has 0 radical (unpaired) electrons. The van der Waals surface area contributed by atoms with Crippen LogP contribution < -0.4 is 0 Å². The van der Waals surface area contributed by atoms with E-state index in [1.165, 1.54) is 12.1 Å². The SMILES string of the molecule is OCc1nc2ccccc2n1Cc1ccn(-c2cccc(F)c2)n1. The average Bonchev–Trinajstić information content (AvgIpc) is 3.20. The summed E-state index contributed by atoms with van der Waals surface area (Å²) in [7, 11) is 0. The van der Waals surface area contributed by atoms with Crippen molar-refractivity contribution in [1.82, 2.24) is 19.3 Å². The van der Waals surface area contributed by atoms with Crippen LogP contribution in [0.15, 0.2) is 60.8 Å². The van der Waals surface area contributed by atoms with E-state index >= 15 is 0 Å². The average molecular weight is 322 g/mol. The van der Waals surface area contributed by atoms with Gasteiger partial charge in [-0.05, 0) is 36.4 Å². The van der Waals surface area contributed by atoms with Crippen molar-refractivity contribution in [3.8, 4) is 5.69 Å². The maximum atomic E-state index is 13.4. The topological polar surface area (TPSA) is 55.9 Å². The molecule has 0 aliphatic rings. The van der Waals surface area contributed by atoms with Gasteiger partial charge in [0.2, 0.25) is 0 Å². The van der Waals surface area contributed by atoms with Crippen LogP contribution in [0.5, 0.6) is 0 Å². The van der Waals surface area contributed by atoms with E-state index in [4.69, 9.17) is 0 Å². The number of aromatic nitrogens is 4. The van der Waals surface area contributed by atoms with Crippen LogP contribution in [0.1, 0.15) is 11.5 Å². The molecule has 2 aromatic carbocycles. The zero-order valence-corrected chi connectivity index (χ0v) is 12.8. The number of hydrogen-bond donors (Lipinski definition) is 1. The molecule has 0 unspecified atom stereocenters. The van der Waals surface area contributed by atoms with Crippen molar-refractivity contribution in [1.29, 1.82) is 0 Å². The highest BCUT2D eigenvalue weighted by atomic mass is 19.1. The second kappa shape index (κ2) is 5.90. The van der Waals surface area contributed by atoms with Gasteiger partial charge in [0, 0.05) is 6.20 Å². The molecule has 0 bridgehead atoms. The molecule has 0 aliphatic carbocycles. The van der Waals surface area contributed by atoms with E-state index in [0.717, 1.165) is 16.7 Å². The highest BCUT2D eigenvalue weighted by Crippen LogP contribution is 2.18. The summed E-state index contributed by atoms with van der Waals surface area (Å²) in [5.74, 6) is 0.296.